The van der Waals surface area contributed by atoms with Crippen LogP contribution in [0, 0.1) is 6.92 Å². The molecule has 0 radical (unpaired) electrons. The van der Waals surface area contributed by atoms with Gasteiger partial charge in [0.1, 0.15) is 11.8 Å². The fraction of sp³-hybridized carbons (Fsp3) is 0.267. The summed E-state index contributed by atoms with van der Waals surface area (Å²) < 4.78 is 7.56. The minimum absolute atomic E-state index is 0.773. The van der Waals surface area contributed by atoms with Gasteiger partial charge in [-0.25, -0.2) is 0 Å². The van der Waals surface area contributed by atoms with E-state index in [1.807, 2.05) is 43.2 Å². The molecule has 3 rings (SSSR count). The molecule has 0 saturated carbocycles. The van der Waals surface area contributed by atoms with E-state index in [-0.39, 0.29) is 0 Å². The van der Waals surface area contributed by atoms with Crippen LogP contribution in [0.2, 0.25) is 0 Å². The van der Waals surface area contributed by atoms with Crippen LogP contribution in [0.15, 0.2) is 34.9 Å². The number of nitrogens with zero attached hydrogens (tertiary/aromatic N) is 2. The Bertz CT molecular complexity index is 724. The van der Waals surface area contributed by atoms with Crippen molar-refractivity contribution in [1.82, 2.24) is 15.1 Å². The fourth-order valence-electron chi connectivity index (χ4n) is 2.56. The van der Waals surface area contributed by atoms with Gasteiger partial charge >= 0.3 is 0 Å². The van der Waals surface area contributed by atoms with Crippen molar-refractivity contribution in [3.8, 4) is 11.3 Å². The number of benzene rings is 1. The van der Waals surface area contributed by atoms with Crippen LogP contribution in [0.3, 0.4) is 0 Å². The van der Waals surface area contributed by atoms with Crippen LogP contribution >= 0.6 is 0 Å². The summed E-state index contributed by atoms with van der Waals surface area (Å²) in [5.74, 6) is 0. The third-order valence-corrected chi connectivity index (χ3v) is 3.46. The van der Waals surface area contributed by atoms with Gasteiger partial charge in [0.15, 0.2) is 0 Å². The minimum Gasteiger partial charge on any atom is -0.464 e. The van der Waals surface area contributed by atoms with Crippen molar-refractivity contribution in [2.24, 2.45) is 7.05 Å². The van der Waals surface area contributed by atoms with Gasteiger partial charge in [-0.3, -0.25) is 4.68 Å². The normalized spacial score (nSPS) is 11.3. The first kappa shape index (κ1) is 12.0. The second-order valence-electron chi connectivity index (χ2n) is 4.72. The summed E-state index contributed by atoms with van der Waals surface area (Å²) >= 11 is 0. The number of hydrogen-bond acceptors (Lipinski definition) is 3. The molecule has 0 aliphatic rings. The maximum absolute atomic E-state index is 5.63. The number of rotatable bonds is 3. The third kappa shape index (κ3) is 1.85. The van der Waals surface area contributed by atoms with E-state index in [0.717, 1.165) is 34.5 Å². The number of aryl methyl sites for hydroxylation is 1. The van der Waals surface area contributed by atoms with Crippen molar-refractivity contribution in [3.05, 3.63) is 41.8 Å². The van der Waals surface area contributed by atoms with Crippen molar-refractivity contribution in [1.29, 1.82) is 0 Å². The Morgan fingerprint density at radius 1 is 1.32 bits per heavy atom. The van der Waals surface area contributed by atoms with Gasteiger partial charge < -0.3 is 9.73 Å². The maximum Gasteiger partial charge on any atom is 0.134 e. The Labute approximate surface area is 112 Å². The van der Waals surface area contributed by atoms with Crippen molar-refractivity contribution in [3.63, 3.8) is 0 Å². The highest BCUT2D eigenvalue weighted by molar-refractivity contribution is 5.93. The lowest BCUT2D eigenvalue weighted by molar-refractivity contribution is 0.616. The highest BCUT2D eigenvalue weighted by Crippen LogP contribution is 2.33. The summed E-state index contributed by atoms with van der Waals surface area (Å²) in [5, 5.41) is 8.85. The lowest BCUT2D eigenvalue weighted by Crippen LogP contribution is -2.06. The van der Waals surface area contributed by atoms with Crippen LogP contribution in [0.4, 0.5) is 0 Å². The molecule has 2 aromatic heterocycles. The van der Waals surface area contributed by atoms with E-state index >= 15 is 0 Å². The molecule has 0 spiro atoms. The predicted molar refractivity (Wildman–Crippen MR) is 75.9 cm³/mol. The number of hydrogen-bond donors (Lipinski definition) is 1. The average molecular weight is 255 g/mol. The Morgan fingerprint density at radius 2 is 2.11 bits per heavy atom. The van der Waals surface area contributed by atoms with E-state index in [2.05, 4.69) is 23.4 Å². The molecule has 0 bridgehead atoms. The zero-order valence-electron chi connectivity index (χ0n) is 11.4. The van der Waals surface area contributed by atoms with Crippen molar-refractivity contribution < 1.29 is 4.42 Å². The lowest BCUT2D eigenvalue weighted by Gasteiger charge is -2.01. The van der Waals surface area contributed by atoms with Gasteiger partial charge in [-0.2, -0.15) is 5.10 Å². The average Bonchev–Trinajstić information content (AvgIpc) is 2.93. The standard InChI is InChI=1S/C15H17N3O/c1-10-13(8-16-2)17-18(3)15(10)12-9-19-14-7-5-4-6-11(12)14/h4-7,9,16H,8H2,1-3H3. The molecule has 4 nitrogen and oxygen atoms in total. The molecule has 19 heavy (non-hydrogen) atoms. The van der Waals surface area contributed by atoms with Crippen molar-refractivity contribution in [2.75, 3.05) is 7.05 Å². The number of fused-ring (bicyclic) bond motifs is 1. The fourth-order valence-corrected chi connectivity index (χ4v) is 2.56. The van der Waals surface area contributed by atoms with Crippen LogP contribution in [0.5, 0.6) is 0 Å². The molecular weight excluding hydrogens is 238 g/mol. The van der Waals surface area contributed by atoms with Crippen molar-refractivity contribution >= 4 is 11.0 Å². The first-order valence-corrected chi connectivity index (χ1v) is 6.36. The van der Waals surface area contributed by atoms with E-state index < -0.39 is 0 Å². The van der Waals surface area contributed by atoms with Crippen LogP contribution in [-0.4, -0.2) is 16.8 Å². The first-order valence-electron chi connectivity index (χ1n) is 6.36. The van der Waals surface area contributed by atoms with Crippen molar-refractivity contribution in [2.45, 2.75) is 13.5 Å². The van der Waals surface area contributed by atoms with E-state index in [9.17, 15) is 0 Å². The quantitative estimate of drug-likeness (QED) is 0.782. The van der Waals surface area contributed by atoms with Crippen LogP contribution in [0.25, 0.3) is 22.2 Å². The maximum atomic E-state index is 5.63. The Kier molecular flexibility index (Phi) is 2.87. The predicted octanol–water partition coefficient (Wildman–Crippen LogP) is 2.86. The number of nitrogens with one attached hydrogen (secondary N) is 1. The number of furan rings is 1. The molecule has 0 amide bonds. The summed E-state index contributed by atoms with van der Waals surface area (Å²) in [6, 6.07) is 8.08. The highest BCUT2D eigenvalue weighted by Gasteiger charge is 2.17. The van der Waals surface area contributed by atoms with E-state index in [1.54, 1.807) is 0 Å². The van der Waals surface area contributed by atoms with Crippen LogP contribution in [-0.2, 0) is 13.6 Å². The summed E-state index contributed by atoms with van der Waals surface area (Å²) in [7, 11) is 3.91. The van der Waals surface area contributed by atoms with Gasteiger partial charge in [-0.15, -0.1) is 0 Å². The molecule has 0 atom stereocenters. The van der Waals surface area contributed by atoms with Gasteiger partial charge in [0, 0.05) is 24.5 Å². The smallest absolute Gasteiger partial charge is 0.134 e. The highest BCUT2D eigenvalue weighted by atomic mass is 16.3. The molecule has 98 valence electrons. The summed E-state index contributed by atoms with van der Waals surface area (Å²) in [6.45, 7) is 2.88. The molecule has 1 aromatic carbocycles. The number of aromatic nitrogens is 2. The van der Waals surface area contributed by atoms with E-state index in [0.29, 0.717) is 0 Å². The SMILES string of the molecule is CNCc1nn(C)c(-c2coc3ccccc23)c1C. The van der Waals surface area contributed by atoms with Gasteiger partial charge in [0.25, 0.3) is 0 Å². The Hall–Kier alpha value is -2.07. The molecule has 0 saturated heterocycles. The largest absolute Gasteiger partial charge is 0.464 e. The minimum atomic E-state index is 0.773. The first-order chi connectivity index (χ1) is 9.22. The monoisotopic (exact) mass is 255 g/mol. The Morgan fingerprint density at radius 3 is 2.89 bits per heavy atom. The second kappa shape index (κ2) is 4.55. The molecule has 0 aliphatic carbocycles. The molecule has 4 heteroatoms. The van der Waals surface area contributed by atoms with Gasteiger partial charge in [0.2, 0.25) is 0 Å². The van der Waals surface area contributed by atoms with Crippen LogP contribution in [0.1, 0.15) is 11.3 Å². The Balaban J connectivity index is 2.21. The van der Waals surface area contributed by atoms with Gasteiger partial charge in [-0.1, -0.05) is 18.2 Å². The van der Waals surface area contributed by atoms with Crippen LogP contribution < -0.4 is 5.32 Å². The molecule has 1 N–H and O–H groups in total. The molecule has 3 aromatic rings. The summed E-state index contributed by atoms with van der Waals surface area (Å²) in [4.78, 5) is 0. The second-order valence-corrected chi connectivity index (χ2v) is 4.72. The summed E-state index contributed by atoms with van der Waals surface area (Å²) in [6.07, 6.45) is 1.82. The third-order valence-electron chi connectivity index (χ3n) is 3.46. The lowest BCUT2D eigenvalue weighted by atomic mass is 10.1. The molecular formula is C15H17N3O. The van der Waals surface area contributed by atoms with E-state index in [1.165, 1.54) is 5.56 Å². The summed E-state index contributed by atoms with van der Waals surface area (Å²) in [5.41, 5.74) is 5.41. The van der Waals surface area contributed by atoms with Gasteiger partial charge in [0.05, 0.1) is 11.4 Å². The van der Waals surface area contributed by atoms with E-state index in [4.69, 9.17) is 4.42 Å². The molecule has 0 fully saturated rings. The topological polar surface area (TPSA) is 43.0 Å². The molecule has 0 unspecified atom stereocenters. The number of para-hydroxylation sites is 1. The molecule has 2 heterocycles. The molecule has 0 aliphatic heterocycles. The zero-order chi connectivity index (χ0) is 13.4. The van der Waals surface area contributed by atoms with Gasteiger partial charge in [-0.05, 0) is 25.6 Å². The zero-order valence-corrected chi connectivity index (χ0v) is 11.4.